The molecule has 0 spiro atoms. The molecule has 1 aromatic heterocycles. The SMILES string of the molecule is CN=C(NCCSCc1ccc(C)cc1)NCc1ccnn1C. The smallest absolute Gasteiger partial charge is 0.191 e. The Kier molecular flexibility index (Phi) is 7.00. The van der Waals surface area contributed by atoms with Gasteiger partial charge in [-0.3, -0.25) is 9.67 Å². The lowest BCUT2D eigenvalue weighted by atomic mass is 10.2. The number of nitrogens with one attached hydrogen (secondary N) is 2. The number of hydrogen-bond donors (Lipinski definition) is 2. The Labute approximate surface area is 142 Å². The van der Waals surface area contributed by atoms with Crippen LogP contribution >= 0.6 is 11.8 Å². The number of aliphatic imine (C=N–C) groups is 1. The molecule has 2 rings (SSSR count). The molecule has 23 heavy (non-hydrogen) atoms. The molecule has 6 heteroatoms. The lowest BCUT2D eigenvalue weighted by molar-refractivity contribution is 0.686. The molecule has 0 amide bonds. The molecule has 0 atom stereocenters. The molecule has 0 bridgehead atoms. The molecule has 2 N–H and O–H groups in total. The highest BCUT2D eigenvalue weighted by Gasteiger charge is 2.01. The number of benzene rings is 1. The predicted molar refractivity (Wildman–Crippen MR) is 98.8 cm³/mol. The van der Waals surface area contributed by atoms with Gasteiger partial charge in [0, 0.05) is 38.3 Å². The summed E-state index contributed by atoms with van der Waals surface area (Å²) >= 11 is 1.92. The highest BCUT2D eigenvalue weighted by atomic mass is 32.2. The van der Waals surface area contributed by atoms with Crippen molar-refractivity contribution < 1.29 is 0 Å². The molecule has 2 aromatic rings. The number of nitrogens with zero attached hydrogens (tertiary/aromatic N) is 3. The Morgan fingerprint density at radius 2 is 2.00 bits per heavy atom. The maximum Gasteiger partial charge on any atom is 0.191 e. The van der Waals surface area contributed by atoms with Gasteiger partial charge in [0.15, 0.2) is 5.96 Å². The molecule has 0 saturated heterocycles. The summed E-state index contributed by atoms with van der Waals surface area (Å²) < 4.78 is 1.86. The lowest BCUT2D eigenvalue weighted by Crippen LogP contribution is -2.38. The second-order valence-electron chi connectivity index (χ2n) is 5.34. The molecule has 0 saturated carbocycles. The standard InChI is InChI=1S/C17H25N5S/c1-14-4-6-15(7-5-14)13-23-11-10-19-17(18-2)20-12-16-8-9-21-22(16)3/h4-9H,10-13H2,1-3H3,(H2,18,19,20). The van der Waals surface area contributed by atoms with Crippen molar-refractivity contribution in [3.05, 3.63) is 53.3 Å². The summed E-state index contributed by atoms with van der Waals surface area (Å²) in [5.74, 6) is 2.91. The summed E-state index contributed by atoms with van der Waals surface area (Å²) in [6.07, 6.45) is 1.80. The highest BCUT2D eigenvalue weighted by molar-refractivity contribution is 7.98. The fourth-order valence-corrected chi connectivity index (χ4v) is 2.90. The van der Waals surface area contributed by atoms with E-state index in [-0.39, 0.29) is 0 Å². The van der Waals surface area contributed by atoms with Gasteiger partial charge in [-0.15, -0.1) is 0 Å². The Morgan fingerprint density at radius 1 is 1.22 bits per heavy atom. The monoisotopic (exact) mass is 331 g/mol. The summed E-state index contributed by atoms with van der Waals surface area (Å²) in [5.41, 5.74) is 3.81. The van der Waals surface area contributed by atoms with Gasteiger partial charge >= 0.3 is 0 Å². The first-order chi connectivity index (χ1) is 11.2. The topological polar surface area (TPSA) is 54.2 Å². The summed E-state index contributed by atoms with van der Waals surface area (Å²) in [6, 6.07) is 10.7. The molecule has 0 radical (unpaired) electrons. The van der Waals surface area contributed by atoms with E-state index >= 15 is 0 Å². The number of hydrogen-bond acceptors (Lipinski definition) is 3. The largest absolute Gasteiger partial charge is 0.356 e. The normalized spacial score (nSPS) is 11.5. The van der Waals surface area contributed by atoms with Gasteiger partial charge in [0.05, 0.1) is 12.2 Å². The van der Waals surface area contributed by atoms with E-state index < -0.39 is 0 Å². The van der Waals surface area contributed by atoms with E-state index in [1.54, 1.807) is 13.2 Å². The molecule has 0 unspecified atom stereocenters. The predicted octanol–water partition coefficient (Wildman–Crippen LogP) is 2.33. The molecule has 124 valence electrons. The van der Waals surface area contributed by atoms with Crippen molar-refractivity contribution >= 4 is 17.7 Å². The zero-order chi connectivity index (χ0) is 16.5. The third-order valence-electron chi connectivity index (χ3n) is 3.51. The van der Waals surface area contributed by atoms with Crippen LogP contribution in [-0.4, -0.2) is 35.1 Å². The first-order valence-corrected chi connectivity index (χ1v) is 8.89. The molecular formula is C17H25N5S. The van der Waals surface area contributed by atoms with Crippen LogP contribution in [0.15, 0.2) is 41.5 Å². The molecule has 0 aliphatic rings. The Hall–Kier alpha value is -1.95. The Bertz CT molecular complexity index is 618. The molecular weight excluding hydrogens is 306 g/mol. The van der Waals surface area contributed by atoms with E-state index in [2.05, 4.69) is 51.9 Å². The van der Waals surface area contributed by atoms with E-state index in [1.807, 2.05) is 29.6 Å². The summed E-state index contributed by atoms with van der Waals surface area (Å²) in [6.45, 7) is 3.72. The molecule has 0 aliphatic heterocycles. The lowest BCUT2D eigenvalue weighted by Gasteiger charge is -2.12. The highest BCUT2D eigenvalue weighted by Crippen LogP contribution is 2.12. The quantitative estimate of drug-likeness (QED) is 0.464. The van der Waals surface area contributed by atoms with Crippen LogP contribution in [0.3, 0.4) is 0 Å². The van der Waals surface area contributed by atoms with Gasteiger partial charge < -0.3 is 10.6 Å². The number of aryl methyl sites for hydroxylation is 2. The summed E-state index contributed by atoms with van der Waals surface area (Å²) in [5, 5.41) is 10.8. The van der Waals surface area contributed by atoms with E-state index in [4.69, 9.17) is 0 Å². The average Bonchev–Trinajstić information content (AvgIpc) is 2.97. The van der Waals surface area contributed by atoms with E-state index in [0.29, 0.717) is 6.54 Å². The van der Waals surface area contributed by atoms with Crippen molar-refractivity contribution in [2.75, 3.05) is 19.3 Å². The van der Waals surface area contributed by atoms with Crippen LogP contribution < -0.4 is 10.6 Å². The zero-order valence-corrected chi connectivity index (χ0v) is 14.9. The van der Waals surface area contributed by atoms with Crippen LogP contribution in [0.4, 0.5) is 0 Å². The molecule has 1 heterocycles. The first kappa shape index (κ1) is 17.4. The maximum absolute atomic E-state index is 4.24. The van der Waals surface area contributed by atoms with Crippen molar-refractivity contribution in [2.24, 2.45) is 12.0 Å². The number of thioether (sulfide) groups is 1. The van der Waals surface area contributed by atoms with Crippen molar-refractivity contribution in [1.82, 2.24) is 20.4 Å². The van der Waals surface area contributed by atoms with Crippen molar-refractivity contribution in [2.45, 2.75) is 19.2 Å². The molecule has 0 aliphatic carbocycles. The first-order valence-electron chi connectivity index (χ1n) is 7.73. The van der Waals surface area contributed by atoms with Gasteiger partial charge in [0.1, 0.15) is 0 Å². The van der Waals surface area contributed by atoms with Crippen LogP contribution in [0.25, 0.3) is 0 Å². The fourth-order valence-electron chi connectivity index (χ4n) is 2.09. The average molecular weight is 331 g/mol. The second kappa shape index (κ2) is 9.25. The van der Waals surface area contributed by atoms with Crippen LogP contribution in [0.2, 0.25) is 0 Å². The molecule has 5 nitrogen and oxygen atoms in total. The minimum Gasteiger partial charge on any atom is -0.356 e. The minimum atomic E-state index is 0.715. The van der Waals surface area contributed by atoms with Gasteiger partial charge in [-0.25, -0.2) is 0 Å². The fraction of sp³-hybridized carbons (Fsp3) is 0.412. The number of aromatic nitrogens is 2. The van der Waals surface area contributed by atoms with Crippen molar-refractivity contribution in [1.29, 1.82) is 0 Å². The van der Waals surface area contributed by atoms with Gasteiger partial charge in [-0.1, -0.05) is 29.8 Å². The third-order valence-corrected chi connectivity index (χ3v) is 4.54. The Morgan fingerprint density at radius 3 is 2.65 bits per heavy atom. The van der Waals surface area contributed by atoms with E-state index in [1.165, 1.54) is 11.1 Å². The number of rotatable bonds is 7. The van der Waals surface area contributed by atoms with Crippen LogP contribution in [0.1, 0.15) is 16.8 Å². The van der Waals surface area contributed by atoms with Gasteiger partial charge in [0.2, 0.25) is 0 Å². The number of guanidine groups is 1. The third kappa shape index (κ3) is 5.98. The molecule has 0 fully saturated rings. The van der Waals surface area contributed by atoms with Crippen LogP contribution in [0, 0.1) is 6.92 Å². The molecule has 1 aromatic carbocycles. The van der Waals surface area contributed by atoms with E-state index in [9.17, 15) is 0 Å². The zero-order valence-electron chi connectivity index (χ0n) is 14.0. The van der Waals surface area contributed by atoms with Gasteiger partial charge in [-0.05, 0) is 18.6 Å². The Balaban J connectivity index is 1.62. The van der Waals surface area contributed by atoms with Gasteiger partial charge in [0.25, 0.3) is 0 Å². The maximum atomic E-state index is 4.24. The minimum absolute atomic E-state index is 0.715. The van der Waals surface area contributed by atoms with Gasteiger partial charge in [-0.2, -0.15) is 16.9 Å². The van der Waals surface area contributed by atoms with Crippen LogP contribution in [-0.2, 0) is 19.3 Å². The van der Waals surface area contributed by atoms with E-state index in [0.717, 1.165) is 29.7 Å². The van der Waals surface area contributed by atoms with Crippen LogP contribution in [0.5, 0.6) is 0 Å². The van der Waals surface area contributed by atoms with Crippen molar-refractivity contribution in [3.63, 3.8) is 0 Å². The van der Waals surface area contributed by atoms with Crippen molar-refractivity contribution in [3.8, 4) is 0 Å². The second-order valence-corrected chi connectivity index (χ2v) is 6.44. The summed E-state index contributed by atoms with van der Waals surface area (Å²) in [4.78, 5) is 4.24. The summed E-state index contributed by atoms with van der Waals surface area (Å²) in [7, 11) is 3.73.